The summed E-state index contributed by atoms with van der Waals surface area (Å²) < 4.78 is 33.3. The van der Waals surface area contributed by atoms with Gasteiger partial charge >= 0.3 is 5.97 Å². The summed E-state index contributed by atoms with van der Waals surface area (Å²) in [7, 11) is 0. The van der Waals surface area contributed by atoms with E-state index in [4.69, 9.17) is 14.2 Å². The molecule has 3 saturated carbocycles. The van der Waals surface area contributed by atoms with Gasteiger partial charge < -0.3 is 14.2 Å². The first-order valence-electron chi connectivity index (χ1n) is 12.0. The van der Waals surface area contributed by atoms with E-state index in [9.17, 15) is 14.4 Å². The molecule has 0 spiro atoms. The molecule has 180 valence electrons. The molecule has 0 aromatic heterocycles. The molecule has 5 rings (SSSR count). The second-order valence-electron chi connectivity index (χ2n) is 11.4. The van der Waals surface area contributed by atoms with Crippen molar-refractivity contribution >= 4 is 17.5 Å². The molecule has 0 unspecified atom stereocenters. The molecule has 0 amide bonds. The van der Waals surface area contributed by atoms with Crippen LogP contribution in [0.15, 0.2) is 23.8 Å². The van der Waals surface area contributed by atoms with Gasteiger partial charge in [-0.05, 0) is 75.0 Å². The summed E-state index contributed by atoms with van der Waals surface area (Å²) in [6.45, 7) is 8.64. The Labute approximate surface area is 193 Å². The van der Waals surface area contributed by atoms with E-state index in [1.54, 1.807) is 19.9 Å². The molecule has 6 nitrogen and oxygen atoms in total. The lowest BCUT2D eigenvalue weighted by Gasteiger charge is -2.58. The van der Waals surface area contributed by atoms with E-state index in [0.29, 0.717) is 24.8 Å². The number of alkyl halides is 1. The minimum atomic E-state index is -1.23. The Kier molecular flexibility index (Phi) is 4.91. The van der Waals surface area contributed by atoms with E-state index in [1.165, 1.54) is 13.0 Å². The maximum atomic E-state index is 15.5. The number of carbonyl (C=O) groups is 3. The van der Waals surface area contributed by atoms with Crippen molar-refractivity contribution in [3.05, 3.63) is 23.8 Å². The van der Waals surface area contributed by atoms with Crippen LogP contribution in [0.5, 0.6) is 0 Å². The number of ketones is 2. The molecule has 1 heterocycles. The lowest BCUT2D eigenvalue weighted by atomic mass is 9.46. The van der Waals surface area contributed by atoms with Crippen LogP contribution in [-0.2, 0) is 28.6 Å². The Balaban J connectivity index is 1.54. The van der Waals surface area contributed by atoms with Crippen molar-refractivity contribution in [2.45, 2.75) is 84.0 Å². The first-order valence-corrected chi connectivity index (χ1v) is 12.0. The summed E-state index contributed by atoms with van der Waals surface area (Å²) in [5, 5.41) is 0. The monoisotopic (exact) mass is 460 g/mol. The van der Waals surface area contributed by atoms with Crippen LogP contribution >= 0.6 is 0 Å². The van der Waals surface area contributed by atoms with E-state index in [-0.39, 0.29) is 35.9 Å². The standard InChI is InChI=1S/C26H33FO6/c1-14(28)31-13-21(30)26-22(32-23(2,3)33-26)12-18-16-11-20(27)19-10-15(29)6-8-24(19,4)17(16)7-9-25(18,26)5/h6,8,10,16-18,20,22H,7,9,11-13H2,1-5H3/t16-,17+,18+,20+,22-,24-,25+,26-/m1/s1. The van der Waals surface area contributed by atoms with Crippen LogP contribution in [-0.4, -0.2) is 47.8 Å². The Morgan fingerprint density at radius 1 is 1.18 bits per heavy atom. The summed E-state index contributed by atoms with van der Waals surface area (Å²) in [5.41, 5.74) is -1.73. The van der Waals surface area contributed by atoms with E-state index in [0.717, 1.165) is 6.42 Å². The smallest absolute Gasteiger partial charge is 0.303 e. The normalized spacial score (nSPS) is 47.2. The molecule has 1 saturated heterocycles. The van der Waals surface area contributed by atoms with Crippen molar-refractivity contribution in [2.75, 3.05) is 6.61 Å². The molecule has 0 aromatic carbocycles. The van der Waals surface area contributed by atoms with Crippen LogP contribution in [0.1, 0.15) is 60.3 Å². The average molecular weight is 461 g/mol. The maximum Gasteiger partial charge on any atom is 0.303 e. The number of rotatable bonds is 3. The predicted octanol–water partition coefficient (Wildman–Crippen LogP) is 3.87. The second-order valence-corrected chi connectivity index (χ2v) is 11.4. The molecule has 33 heavy (non-hydrogen) atoms. The molecular formula is C26H33FO6. The van der Waals surface area contributed by atoms with Crippen molar-refractivity contribution in [2.24, 2.45) is 28.6 Å². The van der Waals surface area contributed by atoms with Gasteiger partial charge in [-0.1, -0.05) is 19.9 Å². The summed E-state index contributed by atoms with van der Waals surface area (Å²) >= 11 is 0. The fourth-order valence-corrected chi connectivity index (χ4v) is 8.08. The van der Waals surface area contributed by atoms with Crippen molar-refractivity contribution < 1.29 is 33.0 Å². The maximum absolute atomic E-state index is 15.5. The zero-order chi connectivity index (χ0) is 24.0. The van der Waals surface area contributed by atoms with E-state index >= 15 is 4.39 Å². The largest absolute Gasteiger partial charge is 0.458 e. The number of halogens is 1. The Bertz CT molecular complexity index is 983. The third-order valence-corrected chi connectivity index (χ3v) is 9.35. The fraction of sp³-hybridized carbons (Fsp3) is 0.731. The number of ether oxygens (including phenoxy) is 3. The molecule has 5 aliphatic rings. The first kappa shape index (κ1) is 22.9. The summed E-state index contributed by atoms with van der Waals surface area (Å²) in [5.74, 6) is -1.68. The van der Waals surface area contributed by atoms with Gasteiger partial charge in [0.15, 0.2) is 23.8 Å². The number of carbonyl (C=O) groups excluding carboxylic acids is 3. The van der Waals surface area contributed by atoms with Gasteiger partial charge in [0.2, 0.25) is 5.78 Å². The van der Waals surface area contributed by atoms with Crippen LogP contribution in [0.25, 0.3) is 0 Å². The highest BCUT2D eigenvalue weighted by atomic mass is 19.1. The summed E-state index contributed by atoms with van der Waals surface area (Å²) in [6.07, 6.45) is 5.69. The summed E-state index contributed by atoms with van der Waals surface area (Å²) in [4.78, 5) is 37.1. The van der Waals surface area contributed by atoms with Crippen molar-refractivity contribution in [1.82, 2.24) is 0 Å². The number of hydrogen-bond acceptors (Lipinski definition) is 6. The molecule has 1 aliphatic heterocycles. The highest BCUT2D eigenvalue weighted by Gasteiger charge is 2.76. The molecule has 0 bridgehead atoms. The lowest BCUT2D eigenvalue weighted by Crippen LogP contribution is -2.61. The van der Waals surface area contributed by atoms with Crippen LogP contribution in [0.3, 0.4) is 0 Å². The Morgan fingerprint density at radius 3 is 2.61 bits per heavy atom. The molecule has 7 heteroatoms. The van der Waals surface area contributed by atoms with Crippen LogP contribution in [0.4, 0.5) is 4.39 Å². The van der Waals surface area contributed by atoms with Crippen LogP contribution in [0.2, 0.25) is 0 Å². The molecule has 0 aromatic rings. The second kappa shape index (κ2) is 7.08. The molecule has 4 aliphatic carbocycles. The van der Waals surface area contributed by atoms with Crippen molar-refractivity contribution in [3.63, 3.8) is 0 Å². The highest BCUT2D eigenvalue weighted by Crippen LogP contribution is 2.70. The first-order chi connectivity index (χ1) is 15.3. The highest BCUT2D eigenvalue weighted by molar-refractivity contribution is 6.01. The third kappa shape index (κ3) is 3.00. The van der Waals surface area contributed by atoms with Crippen LogP contribution < -0.4 is 0 Å². The number of fused-ring (bicyclic) bond motifs is 7. The molecule has 8 atom stereocenters. The lowest BCUT2D eigenvalue weighted by molar-refractivity contribution is -0.216. The molecular weight excluding hydrogens is 427 g/mol. The minimum absolute atomic E-state index is 0.0151. The van der Waals surface area contributed by atoms with E-state index < -0.39 is 40.5 Å². The van der Waals surface area contributed by atoms with Gasteiger partial charge in [-0.3, -0.25) is 14.4 Å². The Hall–Kier alpha value is -1.86. The zero-order valence-electron chi connectivity index (χ0n) is 20.0. The van der Waals surface area contributed by atoms with Gasteiger partial charge in [-0.25, -0.2) is 4.39 Å². The predicted molar refractivity (Wildman–Crippen MR) is 117 cm³/mol. The van der Waals surface area contributed by atoms with E-state index in [1.807, 2.05) is 13.0 Å². The number of allylic oxidation sites excluding steroid dienone is 4. The number of esters is 1. The Morgan fingerprint density at radius 2 is 1.91 bits per heavy atom. The SMILES string of the molecule is CC(=O)OCC(=O)[C@@]12OC(C)(C)O[C@@H]1C[C@H]1[C@@H]3C[C@H](F)C4=CC(=O)C=C[C@]4(C)[C@H]3CC[C@@]12C. The van der Waals surface area contributed by atoms with Crippen LogP contribution in [0, 0.1) is 28.6 Å². The van der Waals surface area contributed by atoms with Gasteiger partial charge in [0, 0.05) is 17.8 Å². The van der Waals surface area contributed by atoms with Gasteiger partial charge in [0.05, 0.1) is 6.10 Å². The fourth-order valence-electron chi connectivity index (χ4n) is 8.08. The van der Waals surface area contributed by atoms with Crippen molar-refractivity contribution in [1.29, 1.82) is 0 Å². The third-order valence-electron chi connectivity index (χ3n) is 9.35. The van der Waals surface area contributed by atoms with E-state index in [2.05, 4.69) is 6.92 Å². The minimum Gasteiger partial charge on any atom is -0.458 e. The zero-order valence-corrected chi connectivity index (χ0v) is 20.0. The summed E-state index contributed by atoms with van der Waals surface area (Å²) in [6, 6.07) is 0. The number of Topliss-reactive ketones (excluding diaryl/α,β-unsaturated/α-hetero) is 1. The van der Waals surface area contributed by atoms with Gasteiger partial charge in [-0.15, -0.1) is 0 Å². The van der Waals surface area contributed by atoms with Gasteiger partial charge in [-0.2, -0.15) is 0 Å². The quantitative estimate of drug-likeness (QED) is 0.595. The van der Waals surface area contributed by atoms with Gasteiger partial charge in [0.25, 0.3) is 0 Å². The average Bonchev–Trinajstić information content (AvgIpc) is 3.13. The van der Waals surface area contributed by atoms with Gasteiger partial charge in [0.1, 0.15) is 6.17 Å². The number of hydrogen-bond donors (Lipinski definition) is 0. The topological polar surface area (TPSA) is 78.9 Å². The molecule has 4 fully saturated rings. The molecule has 0 N–H and O–H groups in total. The molecule has 0 radical (unpaired) electrons. The van der Waals surface area contributed by atoms with Crippen molar-refractivity contribution in [3.8, 4) is 0 Å².